The molecule has 3 rings (SSSR count). The largest absolute Gasteiger partial charge is 0.373 e. The lowest BCUT2D eigenvalue weighted by atomic mass is 9.77. The summed E-state index contributed by atoms with van der Waals surface area (Å²) in [6.45, 7) is 2.29. The Morgan fingerprint density at radius 3 is 2.07 bits per heavy atom. The summed E-state index contributed by atoms with van der Waals surface area (Å²) in [6.07, 6.45) is 4.82. The lowest BCUT2D eigenvalue weighted by Gasteiger charge is -2.42. The Balaban J connectivity index is 1.69. The zero-order valence-corrected chi connectivity index (χ0v) is 9.04. The van der Waals surface area contributed by atoms with Gasteiger partial charge in [0.25, 0.3) is 0 Å². The second-order valence-corrected chi connectivity index (χ2v) is 4.92. The van der Waals surface area contributed by atoms with Gasteiger partial charge >= 0.3 is 0 Å². The first kappa shape index (κ1) is 10.0. The molecule has 0 amide bonds. The average molecular weight is 213 g/mol. The predicted octanol–water partition coefficient (Wildman–Crippen LogP) is 0.790. The van der Waals surface area contributed by atoms with Crippen LogP contribution in [0, 0.1) is 0 Å². The van der Waals surface area contributed by atoms with E-state index in [-0.39, 0.29) is 17.4 Å². The van der Waals surface area contributed by atoms with E-state index in [0.717, 1.165) is 51.9 Å². The summed E-state index contributed by atoms with van der Waals surface area (Å²) in [4.78, 5) is 0. The molecule has 0 aromatic carbocycles. The highest BCUT2D eigenvalue weighted by Gasteiger charge is 2.51. The van der Waals surface area contributed by atoms with E-state index in [0.29, 0.717) is 0 Å². The highest BCUT2D eigenvalue weighted by atomic mass is 16.7. The third-order valence-corrected chi connectivity index (χ3v) is 4.17. The van der Waals surface area contributed by atoms with E-state index in [1.54, 1.807) is 0 Å². The van der Waals surface area contributed by atoms with Crippen LogP contribution in [0.5, 0.6) is 0 Å². The fourth-order valence-electron chi connectivity index (χ4n) is 3.11. The van der Waals surface area contributed by atoms with Crippen molar-refractivity contribution in [1.82, 2.24) is 0 Å². The van der Waals surface area contributed by atoms with Gasteiger partial charge < -0.3 is 19.9 Å². The first-order valence-electron chi connectivity index (χ1n) is 5.92. The van der Waals surface area contributed by atoms with Gasteiger partial charge in [-0.25, -0.2) is 0 Å². The highest BCUT2D eigenvalue weighted by molar-refractivity contribution is 5.01. The van der Waals surface area contributed by atoms with Crippen LogP contribution >= 0.6 is 0 Å². The minimum atomic E-state index is -0.295. The maximum Gasteiger partial charge on any atom is 0.168 e. The fourth-order valence-corrected chi connectivity index (χ4v) is 3.11. The predicted molar refractivity (Wildman–Crippen MR) is 54.4 cm³/mol. The number of hydrogen-bond acceptors (Lipinski definition) is 4. The molecule has 0 aromatic heterocycles. The van der Waals surface area contributed by atoms with Crippen molar-refractivity contribution in [3.63, 3.8) is 0 Å². The van der Waals surface area contributed by atoms with Crippen molar-refractivity contribution in [2.75, 3.05) is 19.8 Å². The molecular formula is C11H19NO3. The Morgan fingerprint density at radius 2 is 1.53 bits per heavy atom. The number of nitrogens with two attached hydrogens (primary N) is 1. The van der Waals surface area contributed by atoms with E-state index < -0.39 is 0 Å². The van der Waals surface area contributed by atoms with Crippen molar-refractivity contribution in [2.24, 2.45) is 5.73 Å². The summed E-state index contributed by atoms with van der Waals surface area (Å²) in [5.41, 5.74) is 6.06. The lowest BCUT2D eigenvalue weighted by molar-refractivity contribution is -0.205. The third kappa shape index (κ3) is 1.51. The molecular weight excluding hydrogens is 194 g/mol. The van der Waals surface area contributed by atoms with Gasteiger partial charge in [0.05, 0.1) is 18.8 Å². The Bertz CT molecular complexity index is 240. The van der Waals surface area contributed by atoms with Crippen molar-refractivity contribution in [3.05, 3.63) is 0 Å². The molecule has 86 valence electrons. The summed E-state index contributed by atoms with van der Waals surface area (Å²) in [7, 11) is 0. The van der Waals surface area contributed by atoms with Crippen LogP contribution in [0.15, 0.2) is 0 Å². The van der Waals surface area contributed by atoms with E-state index in [4.69, 9.17) is 19.9 Å². The van der Waals surface area contributed by atoms with Gasteiger partial charge in [-0.05, 0) is 19.3 Å². The molecule has 2 saturated heterocycles. The molecule has 1 unspecified atom stereocenters. The van der Waals surface area contributed by atoms with Crippen molar-refractivity contribution < 1.29 is 14.2 Å². The van der Waals surface area contributed by atoms with Crippen molar-refractivity contribution in [1.29, 1.82) is 0 Å². The van der Waals surface area contributed by atoms with Gasteiger partial charge in [0, 0.05) is 25.5 Å². The molecule has 4 heteroatoms. The van der Waals surface area contributed by atoms with E-state index >= 15 is 0 Å². The van der Waals surface area contributed by atoms with E-state index in [1.807, 2.05) is 0 Å². The topological polar surface area (TPSA) is 53.7 Å². The standard InChI is InChI=1S/C11H19NO3/c12-9-1-6-13-10(9)2-4-11(5-3-10)14-7-8-15-11/h9H,1-8,12H2. The fraction of sp³-hybridized carbons (Fsp3) is 1.00. The van der Waals surface area contributed by atoms with Crippen molar-refractivity contribution in [2.45, 2.75) is 49.5 Å². The molecule has 15 heavy (non-hydrogen) atoms. The van der Waals surface area contributed by atoms with Gasteiger partial charge in [-0.2, -0.15) is 0 Å². The minimum Gasteiger partial charge on any atom is -0.373 e. The van der Waals surface area contributed by atoms with E-state index in [2.05, 4.69) is 0 Å². The lowest BCUT2D eigenvalue weighted by Crippen LogP contribution is -2.51. The van der Waals surface area contributed by atoms with Crippen LogP contribution < -0.4 is 5.73 Å². The Hall–Kier alpha value is -0.160. The molecule has 1 aliphatic carbocycles. The molecule has 2 heterocycles. The van der Waals surface area contributed by atoms with Gasteiger partial charge in [-0.3, -0.25) is 0 Å². The van der Waals surface area contributed by atoms with Crippen molar-refractivity contribution in [3.8, 4) is 0 Å². The quantitative estimate of drug-likeness (QED) is 0.646. The third-order valence-electron chi connectivity index (χ3n) is 4.17. The van der Waals surface area contributed by atoms with E-state index in [1.165, 1.54) is 0 Å². The molecule has 0 aromatic rings. The van der Waals surface area contributed by atoms with Crippen LogP contribution in [-0.2, 0) is 14.2 Å². The maximum absolute atomic E-state index is 6.12. The minimum absolute atomic E-state index is 0.0689. The molecule has 2 N–H and O–H groups in total. The Morgan fingerprint density at radius 1 is 0.867 bits per heavy atom. The smallest absolute Gasteiger partial charge is 0.168 e. The Kier molecular flexibility index (Phi) is 2.28. The van der Waals surface area contributed by atoms with Crippen LogP contribution in [0.4, 0.5) is 0 Å². The van der Waals surface area contributed by atoms with Gasteiger partial charge in [0.2, 0.25) is 0 Å². The first-order chi connectivity index (χ1) is 7.25. The molecule has 1 atom stereocenters. The molecule has 3 aliphatic rings. The molecule has 0 radical (unpaired) electrons. The monoisotopic (exact) mass is 213 g/mol. The van der Waals surface area contributed by atoms with Crippen LogP contribution in [0.3, 0.4) is 0 Å². The summed E-state index contributed by atoms with van der Waals surface area (Å²) in [5, 5.41) is 0. The van der Waals surface area contributed by atoms with Crippen LogP contribution in [-0.4, -0.2) is 37.3 Å². The van der Waals surface area contributed by atoms with Gasteiger partial charge in [-0.1, -0.05) is 0 Å². The van der Waals surface area contributed by atoms with Crippen LogP contribution in [0.2, 0.25) is 0 Å². The summed E-state index contributed by atoms with van der Waals surface area (Å²) in [5.74, 6) is -0.295. The number of hydrogen-bond donors (Lipinski definition) is 1. The summed E-state index contributed by atoms with van der Waals surface area (Å²) in [6, 6.07) is 0.205. The summed E-state index contributed by atoms with van der Waals surface area (Å²) >= 11 is 0. The second-order valence-electron chi connectivity index (χ2n) is 4.92. The zero-order valence-electron chi connectivity index (χ0n) is 9.04. The summed E-state index contributed by atoms with van der Waals surface area (Å²) < 4.78 is 17.3. The van der Waals surface area contributed by atoms with Crippen molar-refractivity contribution >= 4 is 0 Å². The zero-order chi connectivity index (χ0) is 10.4. The SMILES string of the molecule is NC1CCOC12CCC1(CC2)OCCO1. The molecule has 3 fully saturated rings. The first-order valence-corrected chi connectivity index (χ1v) is 5.92. The van der Waals surface area contributed by atoms with E-state index in [9.17, 15) is 0 Å². The number of rotatable bonds is 0. The Labute approximate surface area is 90.1 Å². The van der Waals surface area contributed by atoms with Gasteiger partial charge in [-0.15, -0.1) is 0 Å². The molecule has 2 spiro atoms. The molecule has 4 nitrogen and oxygen atoms in total. The van der Waals surface area contributed by atoms with Crippen LogP contribution in [0.1, 0.15) is 32.1 Å². The molecule has 0 bridgehead atoms. The normalized spacial score (nSPS) is 37.8. The average Bonchev–Trinajstić information content (AvgIpc) is 2.82. The highest BCUT2D eigenvalue weighted by Crippen LogP contribution is 2.45. The van der Waals surface area contributed by atoms with Gasteiger partial charge in [0.15, 0.2) is 5.79 Å². The molecule has 1 saturated carbocycles. The molecule has 2 aliphatic heterocycles. The number of ether oxygens (including phenoxy) is 3. The van der Waals surface area contributed by atoms with Gasteiger partial charge in [0.1, 0.15) is 0 Å². The second kappa shape index (κ2) is 3.42. The maximum atomic E-state index is 6.12. The van der Waals surface area contributed by atoms with Crippen LogP contribution in [0.25, 0.3) is 0 Å².